The van der Waals surface area contributed by atoms with Gasteiger partial charge in [-0.15, -0.1) is 0 Å². The maximum atomic E-state index is 14.5. The van der Waals surface area contributed by atoms with Crippen LogP contribution in [0.2, 0.25) is 0 Å². The van der Waals surface area contributed by atoms with Crippen molar-refractivity contribution in [3.8, 4) is 0 Å². The number of carbonyl (C=O) groups is 1. The van der Waals surface area contributed by atoms with Gasteiger partial charge in [0.2, 0.25) is 0 Å². The Morgan fingerprint density at radius 2 is 1.84 bits per heavy atom. The summed E-state index contributed by atoms with van der Waals surface area (Å²) in [5.74, 6) is -0.442. The van der Waals surface area contributed by atoms with Gasteiger partial charge in [0.25, 0.3) is 0 Å². The lowest BCUT2D eigenvalue weighted by atomic mass is 9.95. The average molecular weight is 345 g/mol. The summed E-state index contributed by atoms with van der Waals surface area (Å²) >= 11 is 0. The maximum Gasteiger partial charge on any atom is 0.330 e. The minimum Gasteiger partial charge on any atom is -0.466 e. The number of esters is 1. The van der Waals surface area contributed by atoms with Crippen LogP contribution in [0.3, 0.4) is 0 Å². The molecule has 25 heavy (non-hydrogen) atoms. The maximum absolute atomic E-state index is 14.5. The van der Waals surface area contributed by atoms with Crippen LogP contribution in [0.25, 0.3) is 5.57 Å². The van der Waals surface area contributed by atoms with Crippen LogP contribution in [0.1, 0.15) is 44.7 Å². The first-order valence-electron chi connectivity index (χ1n) is 8.29. The molecule has 1 aromatic carbocycles. The topological polar surface area (TPSA) is 29.5 Å². The Kier molecular flexibility index (Phi) is 7.62. The molecular formula is C21H28FNO2. The summed E-state index contributed by atoms with van der Waals surface area (Å²) in [7, 11) is 5.32. The quantitative estimate of drug-likeness (QED) is 0.400. The van der Waals surface area contributed by atoms with E-state index in [9.17, 15) is 9.18 Å². The predicted octanol–water partition coefficient (Wildman–Crippen LogP) is 5.25. The van der Waals surface area contributed by atoms with E-state index >= 15 is 0 Å². The van der Waals surface area contributed by atoms with Crippen LogP contribution in [0.15, 0.2) is 47.8 Å². The monoisotopic (exact) mass is 345 g/mol. The van der Waals surface area contributed by atoms with Crippen molar-refractivity contribution >= 4 is 17.2 Å². The molecule has 0 bridgehead atoms. The van der Waals surface area contributed by atoms with Crippen molar-refractivity contribution in [1.29, 1.82) is 0 Å². The molecule has 136 valence electrons. The first-order chi connectivity index (χ1) is 11.7. The van der Waals surface area contributed by atoms with Gasteiger partial charge in [-0.3, -0.25) is 0 Å². The van der Waals surface area contributed by atoms with Gasteiger partial charge < -0.3 is 9.64 Å². The number of halogens is 1. The lowest BCUT2D eigenvalue weighted by Crippen LogP contribution is -2.12. The van der Waals surface area contributed by atoms with E-state index in [4.69, 9.17) is 0 Å². The molecule has 0 aromatic heterocycles. The van der Waals surface area contributed by atoms with E-state index in [0.29, 0.717) is 17.1 Å². The summed E-state index contributed by atoms with van der Waals surface area (Å²) < 4.78 is 19.0. The highest BCUT2D eigenvalue weighted by molar-refractivity contribution is 5.83. The van der Waals surface area contributed by atoms with Gasteiger partial charge in [-0.25, -0.2) is 9.18 Å². The molecule has 0 radical (unpaired) electrons. The Bertz CT molecular complexity index is 713. The van der Waals surface area contributed by atoms with Gasteiger partial charge in [0, 0.05) is 25.9 Å². The highest BCUT2D eigenvalue weighted by Crippen LogP contribution is 2.31. The van der Waals surface area contributed by atoms with Gasteiger partial charge in [0.05, 0.1) is 7.11 Å². The summed E-state index contributed by atoms with van der Waals surface area (Å²) in [4.78, 5) is 13.2. The van der Waals surface area contributed by atoms with Crippen molar-refractivity contribution in [2.75, 3.05) is 26.1 Å². The van der Waals surface area contributed by atoms with Gasteiger partial charge in [-0.1, -0.05) is 26.0 Å². The first-order valence-corrected chi connectivity index (χ1v) is 8.29. The third kappa shape index (κ3) is 5.89. The molecule has 0 saturated carbocycles. The molecule has 0 aliphatic carbocycles. The van der Waals surface area contributed by atoms with E-state index in [2.05, 4.69) is 23.5 Å². The number of benzene rings is 1. The van der Waals surface area contributed by atoms with Crippen molar-refractivity contribution in [3.63, 3.8) is 0 Å². The fourth-order valence-electron chi connectivity index (χ4n) is 2.42. The number of nitrogens with zero attached hydrogens (tertiary/aromatic N) is 1. The van der Waals surface area contributed by atoms with Crippen LogP contribution in [0.5, 0.6) is 0 Å². The van der Waals surface area contributed by atoms with E-state index in [1.165, 1.54) is 24.8 Å². The minimum atomic E-state index is -0.455. The van der Waals surface area contributed by atoms with Gasteiger partial charge >= 0.3 is 5.97 Å². The van der Waals surface area contributed by atoms with Gasteiger partial charge in [0.1, 0.15) is 5.83 Å². The Hall–Kier alpha value is -2.36. The van der Waals surface area contributed by atoms with Gasteiger partial charge in [-0.2, -0.15) is 0 Å². The molecule has 0 saturated heterocycles. The van der Waals surface area contributed by atoms with Crippen molar-refractivity contribution in [3.05, 3.63) is 59.0 Å². The summed E-state index contributed by atoms with van der Waals surface area (Å²) in [5.41, 5.74) is 4.36. The normalized spacial score (nSPS) is 13.2. The molecule has 3 nitrogen and oxygen atoms in total. The Labute approximate surface area is 150 Å². The SMILES string of the molecule is COC(=O)/C=C(C)/C=C/C(F)=C(/C)c1ccc(N(C)C)c(C(C)C)c1. The number of methoxy groups -OCH3 is 1. The average Bonchev–Trinajstić information content (AvgIpc) is 2.57. The van der Waals surface area contributed by atoms with Gasteiger partial charge in [0.15, 0.2) is 0 Å². The standard InChI is InChI=1S/C21H28FNO2/c1-14(2)18-13-17(9-11-20(18)23(5)6)16(4)19(22)10-8-15(3)12-21(24)25-7/h8-14H,1-7H3/b10-8+,15-12+,19-16+. The smallest absolute Gasteiger partial charge is 0.330 e. The van der Waals surface area contributed by atoms with E-state index in [1.54, 1.807) is 19.9 Å². The molecule has 0 heterocycles. The molecule has 0 amide bonds. The summed E-state index contributed by atoms with van der Waals surface area (Å²) in [6, 6.07) is 5.99. The second-order valence-electron chi connectivity index (χ2n) is 6.54. The second-order valence-corrected chi connectivity index (χ2v) is 6.54. The van der Waals surface area contributed by atoms with Crippen LogP contribution in [-0.2, 0) is 9.53 Å². The van der Waals surface area contributed by atoms with E-state index in [0.717, 1.165) is 11.3 Å². The number of rotatable bonds is 6. The zero-order valence-electron chi connectivity index (χ0n) is 16.2. The molecule has 0 atom stereocenters. The van der Waals surface area contributed by atoms with Crippen LogP contribution < -0.4 is 4.90 Å². The van der Waals surface area contributed by atoms with Crippen LogP contribution in [-0.4, -0.2) is 27.2 Å². The Morgan fingerprint density at radius 3 is 2.36 bits per heavy atom. The number of hydrogen-bond acceptors (Lipinski definition) is 3. The van der Waals surface area contributed by atoms with Crippen LogP contribution in [0, 0.1) is 0 Å². The van der Waals surface area contributed by atoms with E-state index < -0.39 is 5.97 Å². The lowest BCUT2D eigenvalue weighted by Gasteiger charge is -2.21. The molecular weight excluding hydrogens is 317 g/mol. The Morgan fingerprint density at radius 1 is 1.20 bits per heavy atom. The number of ether oxygens (including phenoxy) is 1. The molecule has 0 fully saturated rings. The fourth-order valence-corrected chi connectivity index (χ4v) is 2.42. The predicted molar refractivity (Wildman–Crippen MR) is 103 cm³/mol. The second kappa shape index (κ2) is 9.21. The molecule has 4 heteroatoms. The third-order valence-electron chi connectivity index (χ3n) is 3.96. The molecule has 1 aromatic rings. The highest BCUT2D eigenvalue weighted by atomic mass is 19.1. The number of carbonyl (C=O) groups excluding carboxylic acids is 1. The summed E-state index contributed by atoms with van der Waals surface area (Å²) in [5, 5.41) is 0. The molecule has 0 aliphatic rings. The molecule has 0 aliphatic heterocycles. The van der Waals surface area contributed by atoms with Crippen LogP contribution >= 0.6 is 0 Å². The van der Waals surface area contributed by atoms with E-state index in [-0.39, 0.29) is 5.83 Å². The largest absolute Gasteiger partial charge is 0.466 e. The van der Waals surface area contributed by atoms with Crippen molar-refractivity contribution < 1.29 is 13.9 Å². The van der Waals surface area contributed by atoms with Crippen LogP contribution in [0.4, 0.5) is 10.1 Å². The number of hydrogen-bond donors (Lipinski definition) is 0. The molecule has 1 rings (SSSR count). The number of allylic oxidation sites excluding steroid dienone is 5. The zero-order chi connectivity index (χ0) is 19.1. The van der Waals surface area contributed by atoms with Gasteiger partial charge in [-0.05, 0) is 60.2 Å². The first kappa shape index (κ1) is 20.7. The third-order valence-corrected chi connectivity index (χ3v) is 3.96. The van der Waals surface area contributed by atoms with Crippen molar-refractivity contribution in [2.45, 2.75) is 33.6 Å². The lowest BCUT2D eigenvalue weighted by molar-refractivity contribution is -0.134. The van der Waals surface area contributed by atoms with E-state index in [1.807, 2.05) is 32.3 Å². The highest BCUT2D eigenvalue weighted by Gasteiger charge is 2.11. The minimum absolute atomic E-state index is 0.329. The number of anilines is 1. The molecule has 0 unspecified atom stereocenters. The summed E-state index contributed by atoms with van der Waals surface area (Å²) in [6.07, 6.45) is 4.26. The fraction of sp³-hybridized carbons (Fsp3) is 0.381. The summed E-state index contributed by atoms with van der Waals surface area (Å²) in [6.45, 7) is 7.73. The Balaban J connectivity index is 3.18. The zero-order valence-corrected chi connectivity index (χ0v) is 16.2. The van der Waals surface area contributed by atoms with Crippen molar-refractivity contribution in [2.24, 2.45) is 0 Å². The molecule has 0 N–H and O–H groups in total. The van der Waals surface area contributed by atoms with Crippen molar-refractivity contribution in [1.82, 2.24) is 0 Å². The molecule has 0 spiro atoms.